The Hall–Kier alpha value is -1.45. The molecule has 0 radical (unpaired) electrons. The van der Waals surface area contributed by atoms with E-state index in [1.807, 2.05) is 6.92 Å². The van der Waals surface area contributed by atoms with E-state index in [4.69, 9.17) is 0 Å². The lowest BCUT2D eigenvalue weighted by Gasteiger charge is -2.07. The van der Waals surface area contributed by atoms with Crippen LogP contribution in [0, 0.1) is 17.5 Å². The van der Waals surface area contributed by atoms with Crippen LogP contribution in [-0.2, 0) is 0 Å². The third kappa shape index (κ3) is 3.31. The second-order valence-corrected chi connectivity index (χ2v) is 3.38. The normalized spacial score (nSPS) is 10.1. The second-order valence-electron chi connectivity index (χ2n) is 3.38. The van der Waals surface area contributed by atoms with Crippen molar-refractivity contribution in [2.75, 3.05) is 11.9 Å². The van der Waals surface area contributed by atoms with Crippen LogP contribution < -0.4 is 5.32 Å². The summed E-state index contributed by atoms with van der Waals surface area (Å²) in [5.41, 5.74) is 0.758. The molecule has 0 aliphatic carbocycles. The molecule has 4 heteroatoms. The van der Waals surface area contributed by atoms with Gasteiger partial charge in [0.2, 0.25) is 0 Å². The molecule has 0 atom stereocenters. The molecule has 1 N–H and O–H groups in total. The van der Waals surface area contributed by atoms with Gasteiger partial charge in [-0.25, -0.2) is 13.2 Å². The summed E-state index contributed by atoms with van der Waals surface area (Å²) in [5.74, 6) is -3.04. The zero-order valence-electron chi connectivity index (χ0n) is 8.41. The summed E-state index contributed by atoms with van der Waals surface area (Å²) in [6.45, 7) is 5.88. The summed E-state index contributed by atoms with van der Waals surface area (Å²) in [6, 6.07) is 1.44. The van der Waals surface area contributed by atoms with Crippen LogP contribution in [0.4, 0.5) is 18.9 Å². The molecule has 0 aromatic heterocycles. The Bertz CT molecular complexity index is 374. The first-order valence-corrected chi connectivity index (χ1v) is 4.53. The van der Waals surface area contributed by atoms with Gasteiger partial charge in [0.05, 0.1) is 5.69 Å². The lowest BCUT2D eigenvalue weighted by molar-refractivity contribution is 0.497. The molecule has 0 aliphatic heterocycles. The summed E-state index contributed by atoms with van der Waals surface area (Å²) in [6.07, 6.45) is 0.623. The van der Waals surface area contributed by atoms with E-state index in [0.717, 1.165) is 11.6 Å². The summed E-state index contributed by atoms with van der Waals surface area (Å²) < 4.78 is 38.6. The molecule has 1 aromatic rings. The van der Waals surface area contributed by atoms with E-state index >= 15 is 0 Å². The van der Waals surface area contributed by atoms with Gasteiger partial charge in [-0.3, -0.25) is 0 Å². The Labute approximate surface area is 86.6 Å². The van der Waals surface area contributed by atoms with Crippen molar-refractivity contribution in [3.8, 4) is 0 Å². The van der Waals surface area contributed by atoms with Gasteiger partial charge in [-0.1, -0.05) is 5.57 Å². The molecule has 82 valence electrons. The predicted molar refractivity (Wildman–Crippen MR) is 54.2 cm³/mol. The summed E-state index contributed by atoms with van der Waals surface area (Å²) >= 11 is 0. The van der Waals surface area contributed by atoms with Crippen LogP contribution in [0.15, 0.2) is 24.3 Å². The van der Waals surface area contributed by atoms with Gasteiger partial charge >= 0.3 is 0 Å². The van der Waals surface area contributed by atoms with Gasteiger partial charge in [0.15, 0.2) is 11.6 Å². The van der Waals surface area contributed by atoms with Crippen LogP contribution in [0.1, 0.15) is 13.3 Å². The first kappa shape index (κ1) is 11.6. The van der Waals surface area contributed by atoms with Gasteiger partial charge in [0, 0.05) is 18.7 Å². The molecule has 0 fully saturated rings. The van der Waals surface area contributed by atoms with E-state index in [2.05, 4.69) is 11.9 Å². The minimum Gasteiger partial charge on any atom is -0.382 e. The Morgan fingerprint density at radius 1 is 1.33 bits per heavy atom. The smallest absolute Gasteiger partial charge is 0.182 e. The van der Waals surface area contributed by atoms with Crippen molar-refractivity contribution >= 4 is 5.69 Å². The fraction of sp³-hybridized carbons (Fsp3) is 0.273. The molecule has 0 unspecified atom stereocenters. The number of benzene rings is 1. The molecule has 0 saturated carbocycles. The Balaban J connectivity index is 2.72. The van der Waals surface area contributed by atoms with E-state index in [-0.39, 0.29) is 5.69 Å². The van der Waals surface area contributed by atoms with Gasteiger partial charge in [-0.15, -0.1) is 6.58 Å². The van der Waals surface area contributed by atoms with Crippen molar-refractivity contribution < 1.29 is 13.2 Å². The maximum absolute atomic E-state index is 13.1. The highest BCUT2D eigenvalue weighted by Crippen LogP contribution is 2.19. The van der Waals surface area contributed by atoms with E-state index in [0.29, 0.717) is 19.0 Å². The van der Waals surface area contributed by atoms with Crippen molar-refractivity contribution in [2.45, 2.75) is 13.3 Å². The first-order valence-electron chi connectivity index (χ1n) is 4.53. The summed E-state index contributed by atoms with van der Waals surface area (Å²) in [4.78, 5) is 0. The van der Waals surface area contributed by atoms with Crippen molar-refractivity contribution in [1.29, 1.82) is 0 Å². The largest absolute Gasteiger partial charge is 0.382 e. The number of hydrogen-bond donors (Lipinski definition) is 1. The minimum atomic E-state index is -1.19. The fourth-order valence-corrected chi connectivity index (χ4v) is 1.10. The van der Waals surface area contributed by atoms with E-state index in [9.17, 15) is 13.2 Å². The Morgan fingerprint density at radius 3 is 2.60 bits per heavy atom. The standard InChI is InChI=1S/C11H12F3N/c1-7(2)3-4-15-10-6-8(12)5-9(13)11(10)14/h5-6,15H,1,3-4H2,2H3. The van der Waals surface area contributed by atoms with E-state index in [1.165, 1.54) is 0 Å². The molecule has 0 bridgehead atoms. The third-order valence-corrected chi connectivity index (χ3v) is 1.86. The highest BCUT2D eigenvalue weighted by atomic mass is 19.2. The number of halogens is 3. The zero-order chi connectivity index (χ0) is 11.4. The molecule has 1 rings (SSSR count). The number of nitrogens with one attached hydrogen (secondary N) is 1. The molecule has 15 heavy (non-hydrogen) atoms. The van der Waals surface area contributed by atoms with Gasteiger partial charge < -0.3 is 5.32 Å². The van der Waals surface area contributed by atoms with Crippen molar-refractivity contribution in [1.82, 2.24) is 0 Å². The quantitative estimate of drug-likeness (QED) is 0.599. The highest BCUT2D eigenvalue weighted by Gasteiger charge is 2.10. The monoisotopic (exact) mass is 215 g/mol. The maximum atomic E-state index is 13.1. The van der Waals surface area contributed by atoms with Crippen molar-refractivity contribution in [3.63, 3.8) is 0 Å². The molecule has 0 amide bonds. The van der Waals surface area contributed by atoms with Crippen LogP contribution in [0.25, 0.3) is 0 Å². The lowest BCUT2D eigenvalue weighted by Crippen LogP contribution is -2.05. The zero-order valence-corrected chi connectivity index (χ0v) is 8.41. The third-order valence-electron chi connectivity index (χ3n) is 1.86. The molecule has 0 heterocycles. The topological polar surface area (TPSA) is 12.0 Å². The number of rotatable bonds is 4. The van der Waals surface area contributed by atoms with E-state index in [1.54, 1.807) is 0 Å². The number of anilines is 1. The Kier molecular flexibility index (Phi) is 3.77. The average Bonchev–Trinajstić information content (AvgIpc) is 2.12. The molecule has 0 aliphatic rings. The van der Waals surface area contributed by atoms with Crippen LogP contribution in [0.3, 0.4) is 0 Å². The summed E-state index contributed by atoms with van der Waals surface area (Å²) in [7, 11) is 0. The van der Waals surface area contributed by atoms with Crippen molar-refractivity contribution in [3.05, 3.63) is 41.7 Å². The highest BCUT2D eigenvalue weighted by molar-refractivity contribution is 5.45. The van der Waals surface area contributed by atoms with Crippen LogP contribution in [-0.4, -0.2) is 6.54 Å². The van der Waals surface area contributed by atoms with Crippen molar-refractivity contribution in [2.24, 2.45) is 0 Å². The SMILES string of the molecule is C=C(C)CCNc1cc(F)cc(F)c1F. The first-order chi connectivity index (χ1) is 7.00. The van der Waals surface area contributed by atoms with Gasteiger partial charge in [0.1, 0.15) is 5.82 Å². The molecule has 1 aromatic carbocycles. The lowest BCUT2D eigenvalue weighted by atomic mass is 10.2. The molecular formula is C11H12F3N. The van der Waals surface area contributed by atoms with Crippen LogP contribution in [0.5, 0.6) is 0 Å². The van der Waals surface area contributed by atoms with Crippen LogP contribution >= 0.6 is 0 Å². The number of hydrogen-bond acceptors (Lipinski definition) is 1. The average molecular weight is 215 g/mol. The summed E-state index contributed by atoms with van der Waals surface area (Å²) in [5, 5.41) is 2.61. The molecule has 0 saturated heterocycles. The maximum Gasteiger partial charge on any atom is 0.182 e. The molecule has 0 spiro atoms. The predicted octanol–water partition coefficient (Wildman–Crippen LogP) is 3.48. The van der Waals surface area contributed by atoms with Gasteiger partial charge in [-0.05, 0) is 13.3 Å². The minimum absolute atomic E-state index is 0.159. The molecular weight excluding hydrogens is 203 g/mol. The Morgan fingerprint density at radius 2 is 2.00 bits per heavy atom. The second kappa shape index (κ2) is 4.87. The van der Waals surface area contributed by atoms with Gasteiger partial charge in [-0.2, -0.15) is 0 Å². The van der Waals surface area contributed by atoms with Gasteiger partial charge in [0.25, 0.3) is 0 Å². The molecule has 1 nitrogen and oxygen atoms in total. The van der Waals surface area contributed by atoms with E-state index < -0.39 is 17.5 Å². The van der Waals surface area contributed by atoms with Crippen LogP contribution in [0.2, 0.25) is 0 Å². The fourth-order valence-electron chi connectivity index (χ4n) is 1.10.